The van der Waals surface area contributed by atoms with Crippen molar-refractivity contribution in [2.45, 2.75) is 38.8 Å². The van der Waals surface area contributed by atoms with Crippen molar-refractivity contribution in [1.82, 2.24) is 15.2 Å². The van der Waals surface area contributed by atoms with E-state index in [4.69, 9.17) is 4.74 Å². The predicted molar refractivity (Wildman–Crippen MR) is 128 cm³/mol. The second-order valence-corrected chi connectivity index (χ2v) is 9.88. The van der Waals surface area contributed by atoms with Crippen molar-refractivity contribution in [2.24, 2.45) is 0 Å². The maximum Gasteiger partial charge on any atom is 0.329 e. The topological polar surface area (TPSA) is 126 Å². The number of hydrogen-bond acceptors (Lipinski definition) is 10. The van der Waals surface area contributed by atoms with E-state index in [-0.39, 0.29) is 22.4 Å². The number of amides is 1. The number of carbonyl (C=O) groups is 2. The molecule has 0 radical (unpaired) electrons. The number of pyridine rings is 1. The van der Waals surface area contributed by atoms with Gasteiger partial charge in [0.1, 0.15) is 17.2 Å². The lowest BCUT2D eigenvalue weighted by atomic mass is 10.1. The van der Waals surface area contributed by atoms with Gasteiger partial charge in [0, 0.05) is 11.6 Å². The van der Waals surface area contributed by atoms with Gasteiger partial charge in [-0.1, -0.05) is 23.5 Å². The van der Waals surface area contributed by atoms with Crippen LogP contribution in [0.25, 0.3) is 10.9 Å². The van der Waals surface area contributed by atoms with Crippen LogP contribution in [-0.2, 0) is 9.53 Å². The summed E-state index contributed by atoms with van der Waals surface area (Å²) in [7, 11) is 0. The molecular formula is C21H25N5O4S2. The van der Waals surface area contributed by atoms with Gasteiger partial charge in [0.2, 0.25) is 10.3 Å². The second kappa shape index (κ2) is 10.1. The first-order chi connectivity index (χ1) is 15.2. The lowest BCUT2D eigenvalue weighted by molar-refractivity contribution is -0.155. The van der Waals surface area contributed by atoms with Crippen LogP contribution in [0.1, 0.15) is 37.6 Å². The number of benzene rings is 1. The van der Waals surface area contributed by atoms with Crippen LogP contribution in [-0.4, -0.2) is 55.8 Å². The van der Waals surface area contributed by atoms with Crippen LogP contribution in [0, 0.1) is 0 Å². The van der Waals surface area contributed by atoms with Crippen LogP contribution in [0.5, 0.6) is 5.75 Å². The highest BCUT2D eigenvalue weighted by atomic mass is 32.2. The number of nitrogens with one attached hydrogen (secondary N) is 2. The summed E-state index contributed by atoms with van der Waals surface area (Å²) in [5.41, 5.74) is -0.186. The zero-order valence-corrected chi connectivity index (χ0v) is 19.8. The van der Waals surface area contributed by atoms with Crippen molar-refractivity contribution in [3.63, 3.8) is 0 Å². The maximum absolute atomic E-state index is 12.7. The summed E-state index contributed by atoms with van der Waals surface area (Å²) < 4.78 is 5.49. The molecule has 1 amide bonds. The fourth-order valence-electron chi connectivity index (χ4n) is 2.82. The van der Waals surface area contributed by atoms with Gasteiger partial charge in [-0.25, -0.2) is 4.79 Å². The van der Waals surface area contributed by atoms with Crippen LogP contribution in [0.2, 0.25) is 0 Å². The number of esters is 1. The summed E-state index contributed by atoms with van der Waals surface area (Å²) in [5.74, 6) is -0.357. The quantitative estimate of drug-likeness (QED) is 0.415. The molecule has 3 rings (SSSR count). The van der Waals surface area contributed by atoms with E-state index in [1.165, 1.54) is 6.07 Å². The summed E-state index contributed by atoms with van der Waals surface area (Å²) in [5, 5.41) is 25.4. The van der Waals surface area contributed by atoms with Crippen LogP contribution < -0.4 is 10.6 Å². The third-order valence-electron chi connectivity index (χ3n) is 4.24. The molecule has 9 nitrogen and oxygen atoms in total. The molecule has 0 spiro atoms. The Bertz CT molecular complexity index is 1110. The van der Waals surface area contributed by atoms with Gasteiger partial charge < -0.3 is 15.2 Å². The van der Waals surface area contributed by atoms with E-state index >= 15 is 0 Å². The molecule has 0 saturated carbocycles. The third-order valence-corrected chi connectivity index (χ3v) is 5.65. The van der Waals surface area contributed by atoms with E-state index in [0.717, 1.165) is 22.5 Å². The van der Waals surface area contributed by atoms with Crippen molar-refractivity contribution in [1.29, 1.82) is 0 Å². The molecule has 3 aromatic rings. The number of anilines is 2. The maximum atomic E-state index is 12.7. The van der Waals surface area contributed by atoms with Crippen LogP contribution in [0.15, 0.2) is 30.5 Å². The molecule has 0 unspecified atom stereocenters. The molecule has 0 aliphatic rings. The number of phenolic OH excluding ortho intramolecular Hbond substituents is 1. The molecule has 0 bridgehead atoms. The van der Waals surface area contributed by atoms with E-state index in [9.17, 15) is 14.7 Å². The molecule has 0 fully saturated rings. The highest BCUT2D eigenvalue weighted by Crippen LogP contribution is 2.28. The number of ether oxygens (including phenoxy) is 1. The molecule has 0 aliphatic heterocycles. The smallest absolute Gasteiger partial charge is 0.329 e. The Morgan fingerprint density at radius 3 is 2.69 bits per heavy atom. The van der Waals surface area contributed by atoms with Crippen molar-refractivity contribution in [2.75, 3.05) is 22.6 Å². The average Bonchev–Trinajstić information content (AvgIpc) is 3.17. The predicted octanol–water partition coefficient (Wildman–Crippen LogP) is 3.92. The van der Waals surface area contributed by atoms with Gasteiger partial charge in [-0.2, -0.15) is 11.8 Å². The number of hydrogen-bond donors (Lipinski definition) is 3. The number of nitrogens with zero attached hydrogens (tertiary/aromatic N) is 3. The molecule has 32 heavy (non-hydrogen) atoms. The number of aromatic hydroxyl groups is 1. The molecule has 170 valence electrons. The summed E-state index contributed by atoms with van der Waals surface area (Å²) >= 11 is 2.71. The molecule has 2 aromatic heterocycles. The second-order valence-electron chi connectivity index (χ2n) is 7.92. The number of rotatable bonds is 8. The summed E-state index contributed by atoms with van der Waals surface area (Å²) in [4.78, 5) is 29.3. The lowest BCUT2D eigenvalue weighted by Crippen LogP contribution is -2.37. The van der Waals surface area contributed by atoms with Crippen molar-refractivity contribution >= 4 is 56.1 Å². The van der Waals surface area contributed by atoms with E-state index in [1.807, 2.05) is 27.0 Å². The Labute approximate surface area is 194 Å². The SMILES string of the molecule is CSCC[C@H](Nc1nnc(NC(=O)c2ccc3cccnc3c2O)s1)C(=O)OC(C)(C)C. The fourth-order valence-corrected chi connectivity index (χ4v) is 3.98. The minimum Gasteiger partial charge on any atom is -0.505 e. The number of phenols is 1. The van der Waals surface area contributed by atoms with Crippen molar-refractivity contribution in [3.05, 3.63) is 36.0 Å². The van der Waals surface area contributed by atoms with E-state index in [0.29, 0.717) is 17.1 Å². The summed E-state index contributed by atoms with van der Waals surface area (Å²) in [6, 6.07) is 6.19. The largest absolute Gasteiger partial charge is 0.505 e. The van der Waals surface area contributed by atoms with Crippen molar-refractivity contribution in [3.8, 4) is 5.75 Å². The van der Waals surface area contributed by atoms with Crippen LogP contribution in [0.3, 0.4) is 0 Å². The fraction of sp³-hybridized carbons (Fsp3) is 0.381. The van der Waals surface area contributed by atoms with Crippen molar-refractivity contribution < 1.29 is 19.4 Å². The van der Waals surface area contributed by atoms with Gasteiger partial charge in [0.25, 0.3) is 5.91 Å². The molecule has 2 heterocycles. The zero-order valence-electron chi connectivity index (χ0n) is 18.2. The Morgan fingerprint density at radius 2 is 1.97 bits per heavy atom. The zero-order chi connectivity index (χ0) is 23.3. The van der Waals surface area contributed by atoms with Gasteiger partial charge in [-0.3, -0.25) is 15.1 Å². The molecular weight excluding hydrogens is 450 g/mol. The molecule has 3 N–H and O–H groups in total. The molecule has 0 saturated heterocycles. The molecule has 1 atom stereocenters. The van der Waals surface area contributed by atoms with E-state index in [2.05, 4.69) is 25.8 Å². The van der Waals surface area contributed by atoms with Crippen LogP contribution >= 0.6 is 23.1 Å². The number of thioether (sulfide) groups is 1. The van der Waals surface area contributed by atoms with Gasteiger partial charge in [0.15, 0.2) is 5.75 Å². The van der Waals surface area contributed by atoms with Gasteiger partial charge in [0.05, 0.1) is 5.56 Å². The Kier molecular flexibility index (Phi) is 7.52. The number of aromatic nitrogens is 3. The molecule has 11 heteroatoms. The summed E-state index contributed by atoms with van der Waals surface area (Å²) in [6.07, 6.45) is 4.06. The monoisotopic (exact) mass is 475 g/mol. The Balaban J connectivity index is 1.71. The Morgan fingerprint density at radius 1 is 1.22 bits per heavy atom. The average molecular weight is 476 g/mol. The highest BCUT2D eigenvalue weighted by Gasteiger charge is 2.26. The van der Waals surface area contributed by atoms with Gasteiger partial charge >= 0.3 is 5.97 Å². The number of fused-ring (bicyclic) bond motifs is 1. The highest BCUT2D eigenvalue weighted by molar-refractivity contribution is 7.98. The van der Waals surface area contributed by atoms with E-state index in [1.54, 1.807) is 36.2 Å². The first-order valence-corrected chi connectivity index (χ1v) is 12.1. The standard InChI is InChI=1S/C21H25N5O4S2/c1-21(2,3)30-18(29)14(9-11-31-4)23-19-25-26-20(32-19)24-17(28)13-8-7-12-6-5-10-22-15(12)16(13)27/h5-8,10,14,27H,9,11H2,1-4H3,(H,23,25)(H,24,26,28)/t14-/m0/s1. The van der Waals surface area contributed by atoms with Gasteiger partial charge in [-0.15, -0.1) is 10.2 Å². The normalized spacial score (nSPS) is 12.4. The summed E-state index contributed by atoms with van der Waals surface area (Å²) in [6.45, 7) is 5.44. The molecule has 0 aliphatic carbocycles. The first-order valence-electron chi connectivity index (χ1n) is 9.88. The number of carbonyl (C=O) groups excluding carboxylic acids is 2. The van der Waals surface area contributed by atoms with Gasteiger partial charge in [-0.05, 0) is 51.3 Å². The molecule has 1 aromatic carbocycles. The minimum atomic E-state index is -0.604. The minimum absolute atomic E-state index is 0.0764. The lowest BCUT2D eigenvalue weighted by Gasteiger charge is -2.24. The first kappa shape index (κ1) is 23.7. The van der Waals surface area contributed by atoms with E-state index < -0.39 is 17.6 Å². The van der Waals surface area contributed by atoms with Crippen LogP contribution in [0.4, 0.5) is 10.3 Å². The Hall–Kier alpha value is -2.92. The third kappa shape index (κ3) is 6.07.